The maximum Gasteiger partial charge on any atom is 0.120 e. The van der Waals surface area contributed by atoms with Crippen LogP contribution in [0, 0.1) is 0 Å². The summed E-state index contributed by atoms with van der Waals surface area (Å²) >= 11 is 0. The van der Waals surface area contributed by atoms with Crippen molar-refractivity contribution in [2.24, 2.45) is 0 Å². The highest BCUT2D eigenvalue weighted by Crippen LogP contribution is 2.31. The molecule has 1 aromatic carbocycles. The SMILES string of the molecule is CC1CN(C(C)c2ccccc2O)C(C)CO1. The Labute approximate surface area is 103 Å². The molecule has 0 aliphatic carbocycles. The van der Waals surface area contributed by atoms with Crippen LogP contribution in [-0.4, -0.2) is 35.3 Å². The van der Waals surface area contributed by atoms with E-state index < -0.39 is 0 Å². The molecule has 2 rings (SSSR count). The highest BCUT2D eigenvalue weighted by molar-refractivity contribution is 5.34. The van der Waals surface area contributed by atoms with Crippen LogP contribution in [0.2, 0.25) is 0 Å². The van der Waals surface area contributed by atoms with Crippen LogP contribution in [-0.2, 0) is 4.74 Å². The van der Waals surface area contributed by atoms with Gasteiger partial charge in [0.05, 0.1) is 12.7 Å². The molecule has 3 nitrogen and oxygen atoms in total. The predicted octanol–water partition coefficient (Wildman–Crippen LogP) is 2.56. The molecule has 0 radical (unpaired) electrons. The van der Waals surface area contributed by atoms with E-state index in [0.29, 0.717) is 11.8 Å². The molecule has 0 spiro atoms. The minimum atomic E-state index is 0.220. The number of ether oxygens (including phenoxy) is 1. The Morgan fingerprint density at radius 2 is 2.06 bits per heavy atom. The number of nitrogens with zero attached hydrogens (tertiary/aromatic N) is 1. The Hall–Kier alpha value is -1.06. The number of phenolic OH excluding ortho intramolecular Hbond substituents is 1. The molecule has 0 aromatic heterocycles. The first kappa shape index (κ1) is 12.4. The molecular weight excluding hydrogens is 214 g/mol. The second-order valence-electron chi connectivity index (χ2n) is 4.92. The van der Waals surface area contributed by atoms with Crippen LogP contribution in [0.5, 0.6) is 5.75 Å². The molecular formula is C14H21NO2. The third-order valence-corrected chi connectivity index (χ3v) is 3.54. The molecule has 1 N–H and O–H groups in total. The maximum atomic E-state index is 9.91. The Balaban J connectivity index is 2.18. The van der Waals surface area contributed by atoms with Crippen LogP contribution in [0.4, 0.5) is 0 Å². The molecule has 3 unspecified atom stereocenters. The number of hydrogen-bond acceptors (Lipinski definition) is 3. The van der Waals surface area contributed by atoms with Gasteiger partial charge in [-0.15, -0.1) is 0 Å². The summed E-state index contributed by atoms with van der Waals surface area (Å²) in [5, 5.41) is 9.91. The lowest BCUT2D eigenvalue weighted by Crippen LogP contribution is -2.48. The van der Waals surface area contributed by atoms with Crippen molar-refractivity contribution in [3.63, 3.8) is 0 Å². The summed E-state index contributed by atoms with van der Waals surface area (Å²) in [6.45, 7) is 8.08. The molecule has 0 bridgehead atoms. The molecule has 3 heteroatoms. The summed E-state index contributed by atoms with van der Waals surface area (Å²) in [7, 11) is 0. The summed E-state index contributed by atoms with van der Waals surface area (Å²) in [4.78, 5) is 2.39. The fourth-order valence-electron chi connectivity index (χ4n) is 2.49. The average Bonchev–Trinajstić information content (AvgIpc) is 2.32. The maximum absolute atomic E-state index is 9.91. The fourth-order valence-corrected chi connectivity index (χ4v) is 2.49. The zero-order valence-electron chi connectivity index (χ0n) is 10.8. The second-order valence-corrected chi connectivity index (χ2v) is 4.92. The van der Waals surface area contributed by atoms with E-state index in [1.165, 1.54) is 0 Å². The molecule has 1 aromatic rings. The monoisotopic (exact) mass is 235 g/mol. The summed E-state index contributed by atoms with van der Waals surface area (Å²) in [6, 6.07) is 8.18. The lowest BCUT2D eigenvalue weighted by atomic mass is 10.0. The third-order valence-electron chi connectivity index (χ3n) is 3.54. The van der Waals surface area contributed by atoms with Crippen molar-refractivity contribution < 1.29 is 9.84 Å². The molecule has 1 aliphatic heterocycles. The van der Waals surface area contributed by atoms with Crippen LogP contribution in [0.1, 0.15) is 32.4 Å². The van der Waals surface area contributed by atoms with Gasteiger partial charge < -0.3 is 9.84 Å². The normalized spacial score (nSPS) is 27.9. The predicted molar refractivity (Wildman–Crippen MR) is 68.1 cm³/mol. The Morgan fingerprint density at radius 3 is 2.76 bits per heavy atom. The first-order valence-corrected chi connectivity index (χ1v) is 6.25. The lowest BCUT2D eigenvalue weighted by Gasteiger charge is -2.40. The summed E-state index contributed by atoms with van der Waals surface area (Å²) in [5.41, 5.74) is 0.994. The van der Waals surface area contributed by atoms with Crippen molar-refractivity contribution in [3.05, 3.63) is 29.8 Å². The average molecular weight is 235 g/mol. The molecule has 1 fully saturated rings. The van der Waals surface area contributed by atoms with Crippen molar-refractivity contribution in [3.8, 4) is 5.75 Å². The van der Waals surface area contributed by atoms with Crippen molar-refractivity contribution in [1.82, 2.24) is 4.90 Å². The minimum Gasteiger partial charge on any atom is -0.508 e. The van der Waals surface area contributed by atoms with E-state index in [4.69, 9.17) is 4.74 Å². The smallest absolute Gasteiger partial charge is 0.120 e. The van der Waals surface area contributed by atoms with E-state index in [9.17, 15) is 5.11 Å². The van der Waals surface area contributed by atoms with Crippen LogP contribution in [0.25, 0.3) is 0 Å². The number of para-hydroxylation sites is 1. The van der Waals surface area contributed by atoms with Crippen molar-refractivity contribution in [1.29, 1.82) is 0 Å². The van der Waals surface area contributed by atoms with Gasteiger partial charge in [0.25, 0.3) is 0 Å². The van der Waals surface area contributed by atoms with Crippen LogP contribution >= 0.6 is 0 Å². The van der Waals surface area contributed by atoms with E-state index in [1.807, 2.05) is 18.2 Å². The molecule has 94 valence electrons. The van der Waals surface area contributed by atoms with Gasteiger partial charge in [-0.05, 0) is 26.8 Å². The number of hydrogen-bond donors (Lipinski definition) is 1. The Morgan fingerprint density at radius 1 is 1.35 bits per heavy atom. The second kappa shape index (κ2) is 5.07. The van der Waals surface area contributed by atoms with Gasteiger partial charge in [0.15, 0.2) is 0 Å². The van der Waals surface area contributed by atoms with E-state index in [0.717, 1.165) is 18.7 Å². The highest BCUT2D eigenvalue weighted by Gasteiger charge is 2.28. The van der Waals surface area contributed by atoms with Gasteiger partial charge in [-0.25, -0.2) is 0 Å². The van der Waals surface area contributed by atoms with Gasteiger partial charge in [0.1, 0.15) is 5.75 Å². The lowest BCUT2D eigenvalue weighted by molar-refractivity contribution is -0.0642. The third kappa shape index (κ3) is 2.61. The van der Waals surface area contributed by atoms with Gasteiger partial charge in [0, 0.05) is 24.2 Å². The topological polar surface area (TPSA) is 32.7 Å². The zero-order chi connectivity index (χ0) is 12.4. The molecule has 17 heavy (non-hydrogen) atoms. The van der Waals surface area contributed by atoms with E-state index in [-0.39, 0.29) is 12.1 Å². The molecule has 3 atom stereocenters. The van der Waals surface area contributed by atoms with Crippen molar-refractivity contribution in [2.45, 2.75) is 39.0 Å². The van der Waals surface area contributed by atoms with E-state index in [1.54, 1.807) is 6.07 Å². The fraction of sp³-hybridized carbons (Fsp3) is 0.571. The van der Waals surface area contributed by atoms with Crippen LogP contribution < -0.4 is 0 Å². The highest BCUT2D eigenvalue weighted by atomic mass is 16.5. The number of rotatable bonds is 2. The molecule has 0 amide bonds. The van der Waals surface area contributed by atoms with Crippen molar-refractivity contribution in [2.75, 3.05) is 13.2 Å². The zero-order valence-corrected chi connectivity index (χ0v) is 10.8. The number of phenols is 1. The summed E-state index contributed by atoms with van der Waals surface area (Å²) in [6.07, 6.45) is 0.263. The van der Waals surface area contributed by atoms with Gasteiger partial charge >= 0.3 is 0 Å². The Kier molecular flexibility index (Phi) is 3.69. The van der Waals surface area contributed by atoms with Gasteiger partial charge in [-0.1, -0.05) is 18.2 Å². The minimum absolute atomic E-state index is 0.220. The molecule has 1 heterocycles. The molecule has 1 aliphatic rings. The molecule has 1 saturated heterocycles. The standard InChI is InChI=1S/C14H21NO2/c1-10-9-17-11(2)8-15(10)12(3)13-6-4-5-7-14(13)16/h4-7,10-12,16H,8-9H2,1-3H3. The summed E-state index contributed by atoms with van der Waals surface area (Å²) in [5.74, 6) is 0.381. The van der Waals surface area contributed by atoms with E-state index >= 15 is 0 Å². The largest absolute Gasteiger partial charge is 0.508 e. The van der Waals surface area contributed by atoms with Crippen LogP contribution in [0.15, 0.2) is 24.3 Å². The number of benzene rings is 1. The number of morpholine rings is 1. The first-order valence-electron chi connectivity index (χ1n) is 6.25. The first-order chi connectivity index (χ1) is 8.09. The van der Waals surface area contributed by atoms with Gasteiger partial charge in [0.2, 0.25) is 0 Å². The van der Waals surface area contributed by atoms with E-state index in [2.05, 4.69) is 25.7 Å². The van der Waals surface area contributed by atoms with Crippen LogP contribution in [0.3, 0.4) is 0 Å². The number of aromatic hydroxyl groups is 1. The van der Waals surface area contributed by atoms with Gasteiger partial charge in [-0.3, -0.25) is 4.90 Å². The van der Waals surface area contributed by atoms with Crippen molar-refractivity contribution >= 4 is 0 Å². The summed E-state index contributed by atoms with van der Waals surface area (Å²) < 4.78 is 5.63. The quantitative estimate of drug-likeness (QED) is 0.855. The Bertz CT molecular complexity index is 380. The molecule has 0 saturated carbocycles. The van der Waals surface area contributed by atoms with Gasteiger partial charge in [-0.2, -0.15) is 0 Å².